The Balaban J connectivity index is 2.12. The number of nitrogens with zero attached hydrogens (tertiary/aromatic N) is 2. The Kier molecular flexibility index (Phi) is 2.33. The highest BCUT2D eigenvalue weighted by atomic mass is 16.5. The second kappa shape index (κ2) is 3.47. The van der Waals surface area contributed by atoms with Gasteiger partial charge in [0, 0.05) is 13.1 Å². The van der Waals surface area contributed by atoms with Crippen LogP contribution in [-0.4, -0.2) is 41.8 Å². The Bertz CT molecular complexity index is 284. The first-order chi connectivity index (χ1) is 6.27. The monoisotopic (exact) mass is 181 g/mol. The normalized spacial score (nSPS) is 24.9. The van der Waals surface area contributed by atoms with Crippen LogP contribution in [0.3, 0.4) is 0 Å². The van der Waals surface area contributed by atoms with Crippen LogP contribution in [0.2, 0.25) is 0 Å². The maximum Gasteiger partial charge on any atom is 0.112 e. The number of morpholine rings is 1. The highest BCUT2D eigenvalue weighted by Gasteiger charge is 2.21. The van der Waals surface area contributed by atoms with Crippen molar-refractivity contribution in [3.05, 3.63) is 17.5 Å². The Morgan fingerprint density at radius 1 is 1.69 bits per heavy atom. The van der Waals surface area contributed by atoms with Crippen LogP contribution < -0.4 is 0 Å². The summed E-state index contributed by atoms with van der Waals surface area (Å²) < 4.78 is 5.66. The van der Waals surface area contributed by atoms with E-state index in [2.05, 4.69) is 29.1 Å². The minimum Gasteiger partial charge on any atom is -0.369 e. The van der Waals surface area contributed by atoms with Crippen LogP contribution >= 0.6 is 0 Å². The molecular weight excluding hydrogens is 166 g/mol. The van der Waals surface area contributed by atoms with E-state index in [1.807, 2.05) is 6.20 Å². The summed E-state index contributed by atoms with van der Waals surface area (Å²) in [5.41, 5.74) is 2.30. The molecule has 1 N–H and O–H groups in total. The lowest BCUT2D eigenvalue weighted by Crippen LogP contribution is -2.35. The molecule has 0 aliphatic carbocycles. The van der Waals surface area contributed by atoms with Gasteiger partial charge in [0.1, 0.15) is 6.10 Å². The number of ether oxygens (including phenoxy) is 1. The number of likely N-dealkylation sites (N-methyl/N-ethyl adjacent to an activating group) is 1. The van der Waals surface area contributed by atoms with E-state index in [-0.39, 0.29) is 6.10 Å². The van der Waals surface area contributed by atoms with E-state index < -0.39 is 0 Å². The summed E-state index contributed by atoms with van der Waals surface area (Å²) in [6.07, 6.45) is 2.01. The summed E-state index contributed by atoms with van der Waals surface area (Å²) in [7, 11) is 2.11. The molecule has 72 valence electrons. The minimum absolute atomic E-state index is 0.168. The summed E-state index contributed by atoms with van der Waals surface area (Å²) in [6, 6.07) is 0. The molecule has 4 heteroatoms. The fourth-order valence-corrected chi connectivity index (χ4v) is 1.63. The molecular formula is C9H15N3O. The zero-order chi connectivity index (χ0) is 9.26. The Hall–Kier alpha value is -0.870. The average Bonchev–Trinajstić information content (AvgIpc) is 2.51. The summed E-state index contributed by atoms with van der Waals surface area (Å²) >= 11 is 0. The van der Waals surface area contributed by atoms with Gasteiger partial charge in [-0.15, -0.1) is 0 Å². The molecule has 1 unspecified atom stereocenters. The number of H-pyrrole nitrogens is 1. The van der Waals surface area contributed by atoms with Gasteiger partial charge >= 0.3 is 0 Å². The van der Waals surface area contributed by atoms with Crippen molar-refractivity contribution in [3.63, 3.8) is 0 Å². The topological polar surface area (TPSA) is 41.2 Å². The van der Waals surface area contributed by atoms with E-state index in [4.69, 9.17) is 4.74 Å². The van der Waals surface area contributed by atoms with Gasteiger partial charge in [-0.05, 0) is 19.5 Å². The zero-order valence-electron chi connectivity index (χ0n) is 8.08. The molecule has 0 spiro atoms. The highest BCUT2D eigenvalue weighted by Crippen LogP contribution is 2.21. The lowest BCUT2D eigenvalue weighted by Gasteiger charge is -2.29. The molecule has 0 saturated carbocycles. The van der Waals surface area contributed by atoms with Crippen molar-refractivity contribution in [1.82, 2.24) is 15.1 Å². The van der Waals surface area contributed by atoms with Gasteiger partial charge in [0.2, 0.25) is 0 Å². The minimum atomic E-state index is 0.168. The van der Waals surface area contributed by atoms with E-state index >= 15 is 0 Å². The fraction of sp³-hybridized carbons (Fsp3) is 0.667. The summed E-state index contributed by atoms with van der Waals surface area (Å²) in [6.45, 7) is 4.82. The first-order valence-electron chi connectivity index (χ1n) is 4.57. The number of nitrogens with one attached hydrogen (secondary N) is 1. The van der Waals surface area contributed by atoms with Crippen molar-refractivity contribution < 1.29 is 4.74 Å². The van der Waals surface area contributed by atoms with Gasteiger partial charge < -0.3 is 9.64 Å². The van der Waals surface area contributed by atoms with E-state index in [0.29, 0.717) is 0 Å². The van der Waals surface area contributed by atoms with Crippen LogP contribution in [-0.2, 0) is 4.74 Å². The number of aromatic amines is 1. The van der Waals surface area contributed by atoms with E-state index in [1.54, 1.807) is 0 Å². The van der Waals surface area contributed by atoms with Crippen molar-refractivity contribution in [1.29, 1.82) is 0 Å². The van der Waals surface area contributed by atoms with Crippen LogP contribution in [0.25, 0.3) is 0 Å². The van der Waals surface area contributed by atoms with Crippen LogP contribution in [0.5, 0.6) is 0 Å². The number of aromatic nitrogens is 2. The molecule has 4 nitrogen and oxygen atoms in total. The van der Waals surface area contributed by atoms with E-state index in [1.165, 1.54) is 5.56 Å². The predicted molar refractivity (Wildman–Crippen MR) is 49.5 cm³/mol. The fourth-order valence-electron chi connectivity index (χ4n) is 1.63. The van der Waals surface area contributed by atoms with Gasteiger partial charge in [-0.2, -0.15) is 5.10 Å². The van der Waals surface area contributed by atoms with E-state index in [0.717, 1.165) is 25.4 Å². The summed E-state index contributed by atoms with van der Waals surface area (Å²) in [4.78, 5) is 2.27. The van der Waals surface area contributed by atoms with Crippen molar-refractivity contribution in [2.45, 2.75) is 13.0 Å². The predicted octanol–water partition coefficient (Wildman–Crippen LogP) is 0.721. The number of aryl methyl sites for hydroxylation is 1. The third kappa shape index (κ3) is 1.73. The Labute approximate surface area is 77.9 Å². The standard InChI is InChI=1S/C9H15N3O/c1-7-5-10-11-9(7)8-6-12(2)3-4-13-8/h5,8H,3-4,6H2,1-2H3,(H,10,11). The Morgan fingerprint density at radius 3 is 3.15 bits per heavy atom. The maximum atomic E-state index is 5.66. The van der Waals surface area contributed by atoms with Gasteiger partial charge in [-0.1, -0.05) is 0 Å². The molecule has 1 aliphatic heterocycles. The highest BCUT2D eigenvalue weighted by molar-refractivity contribution is 5.17. The molecule has 0 amide bonds. The van der Waals surface area contributed by atoms with Crippen molar-refractivity contribution in [2.24, 2.45) is 0 Å². The Morgan fingerprint density at radius 2 is 2.54 bits per heavy atom. The van der Waals surface area contributed by atoms with Crippen molar-refractivity contribution in [3.8, 4) is 0 Å². The molecule has 0 radical (unpaired) electrons. The number of hydrogen-bond acceptors (Lipinski definition) is 3. The molecule has 1 fully saturated rings. The first-order valence-corrected chi connectivity index (χ1v) is 4.57. The largest absolute Gasteiger partial charge is 0.369 e. The lowest BCUT2D eigenvalue weighted by atomic mass is 10.1. The van der Waals surface area contributed by atoms with Gasteiger partial charge in [0.25, 0.3) is 0 Å². The molecule has 1 saturated heterocycles. The molecule has 0 bridgehead atoms. The lowest BCUT2D eigenvalue weighted by molar-refractivity contribution is -0.0234. The second-order valence-corrected chi connectivity index (χ2v) is 3.59. The van der Waals surface area contributed by atoms with Crippen molar-refractivity contribution in [2.75, 3.05) is 26.7 Å². The maximum absolute atomic E-state index is 5.66. The number of rotatable bonds is 1. The average molecular weight is 181 g/mol. The molecule has 1 aromatic heterocycles. The molecule has 2 rings (SSSR count). The van der Waals surface area contributed by atoms with Crippen LogP contribution in [0.15, 0.2) is 6.20 Å². The van der Waals surface area contributed by atoms with Crippen LogP contribution in [0.4, 0.5) is 0 Å². The van der Waals surface area contributed by atoms with Gasteiger partial charge in [-0.3, -0.25) is 5.10 Å². The first kappa shape index (κ1) is 8.72. The molecule has 1 aromatic rings. The third-order valence-electron chi connectivity index (χ3n) is 2.46. The van der Waals surface area contributed by atoms with E-state index in [9.17, 15) is 0 Å². The van der Waals surface area contributed by atoms with Crippen LogP contribution in [0.1, 0.15) is 17.4 Å². The van der Waals surface area contributed by atoms with Gasteiger partial charge in [0.05, 0.1) is 18.5 Å². The molecule has 0 aromatic carbocycles. The SMILES string of the molecule is Cc1cn[nH]c1C1CN(C)CCO1. The smallest absolute Gasteiger partial charge is 0.112 e. The summed E-state index contributed by atoms with van der Waals surface area (Å²) in [5.74, 6) is 0. The van der Waals surface area contributed by atoms with Crippen molar-refractivity contribution >= 4 is 0 Å². The molecule has 1 aliphatic rings. The van der Waals surface area contributed by atoms with Gasteiger partial charge in [-0.25, -0.2) is 0 Å². The quantitative estimate of drug-likeness (QED) is 0.694. The van der Waals surface area contributed by atoms with Gasteiger partial charge in [0.15, 0.2) is 0 Å². The molecule has 13 heavy (non-hydrogen) atoms. The number of hydrogen-bond donors (Lipinski definition) is 1. The second-order valence-electron chi connectivity index (χ2n) is 3.59. The molecule has 1 atom stereocenters. The third-order valence-corrected chi connectivity index (χ3v) is 2.46. The molecule has 2 heterocycles. The zero-order valence-corrected chi connectivity index (χ0v) is 8.08. The van der Waals surface area contributed by atoms with Crippen LogP contribution in [0, 0.1) is 6.92 Å². The summed E-state index contributed by atoms with van der Waals surface area (Å²) in [5, 5.41) is 6.99.